The van der Waals surface area contributed by atoms with Crippen molar-refractivity contribution in [1.82, 2.24) is 0 Å². The quantitative estimate of drug-likeness (QED) is 0.839. The Kier molecular flexibility index (Phi) is 4.54. The Morgan fingerprint density at radius 3 is 2.79 bits per heavy atom. The molecule has 19 heavy (non-hydrogen) atoms. The van der Waals surface area contributed by atoms with Crippen LogP contribution in [0.2, 0.25) is 0 Å². The molecule has 0 bridgehead atoms. The molecule has 0 saturated heterocycles. The van der Waals surface area contributed by atoms with E-state index >= 15 is 0 Å². The first-order valence-electron chi connectivity index (χ1n) is 5.51. The van der Waals surface area contributed by atoms with Crippen LogP contribution in [0.25, 0.3) is 0 Å². The molecule has 0 aliphatic rings. The minimum absolute atomic E-state index is 0.203. The molecule has 2 aromatic rings. The zero-order chi connectivity index (χ0) is 14.0. The van der Waals surface area contributed by atoms with Crippen LogP contribution in [0.5, 0.6) is 0 Å². The van der Waals surface area contributed by atoms with Gasteiger partial charge in [0.2, 0.25) is 0 Å². The first-order chi connectivity index (χ1) is 8.97. The zero-order valence-electron chi connectivity index (χ0n) is 10.2. The molecule has 1 aromatic carbocycles. The van der Waals surface area contributed by atoms with E-state index in [2.05, 4.69) is 22.0 Å². The topological polar surface area (TPSA) is 29.3 Å². The Labute approximate surface area is 129 Å². The standard InChI is InChI=1S/C13H12BrFN2S2/c1-17(6-10-4-8(14)7-19-10)12-3-2-9(15)5-11(12)13(16)18/h2-5,7H,6H2,1H3,(H2,16,18). The highest BCUT2D eigenvalue weighted by molar-refractivity contribution is 9.10. The van der Waals surface area contributed by atoms with Gasteiger partial charge in [-0.25, -0.2) is 4.39 Å². The molecule has 0 atom stereocenters. The smallest absolute Gasteiger partial charge is 0.124 e. The predicted octanol–water partition coefficient (Wildman–Crippen LogP) is 3.92. The van der Waals surface area contributed by atoms with Crippen LogP contribution >= 0.6 is 39.5 Å². The Balaban J connectivity index is 2.28. The average Bonchev–Trinajstić information content (AvgIpc) is 2.74. The van der Waals surface area contributed by atoms with Gasteiger partial charge in [0.25, 0.3) is 0 Å². The van der Waals surface area contributed by atoms with E-state index in [4.69, 9.17) is 18.0 Å². The SMILES string of the molecule is CN(Cc1cc(Br)cs1)c1ccc(F)cc1C(N)=S. The maximum Gasteiger partial charge on any atom is 0.124 e. The molecule has 0 aliphatic carbocycles. The lowest BCUT2D eigenvalue weighted by Gasteiger charge is -2.21. The van der Waals surface area contributed by atoms with Gasteiger partial charge in [-0.15, -0.1) is 11.3 Å². The van der Waals surface area contributed by atoms with Crippen LogP contribution in [-0.2, 0) is 6.54 Å². The molecule has 0 saturated carbocycles. The molecule has 0 unspecified atom stereocenters. The van der Waals surface area contributed by atoms with Crippen molar-refractivity contribution >= 4 is 50.2 Å². The highest BCUT2D eigenvalue weighted by Crippen LogP contribution is 2.26. The molecule has 100 valence electrons. The minimum atomic E-state index is -0.334. The van der Waals surface area contributed by atoms with Gasteiger partial charge in [0.05, 0.1) is 6.54 Å². The Bertz CT molecular complexity index is 612. The van der Waals surface area contributed by atoms with Gasteiger partial charge in [0.1, 0.15) is 10.8 Å². The number of halogens is 2. The Morgan fingerprint density at radius 2 is 2.21 bits per heavy atom. The summed E-state index contributed by atoms with van der Waals surface area (Å²) in [4.78, 5) is 3.41. The lowest BCUT2D eigenvalue weighted by Crippen LogP contribution is -2.21. The van der Waals surface area contributed by atoms with Crippen molar-refractivity contribution in [2.24, 2.45) is 5.73 Å². The second-order valence-corrected chi connectivity index (χ2v) is 6.46. The number of thiocarbonyl (C=S) groups is 1. The van der Waals surface area contributed by atoms with Crippen LogP contribution in [0.3, 0.4) is 0 Å². The maximum absolute atomic E-state index is 13.3. The van der Waals surface area contributed by atoms with Gasteiger partial charge >= 0.3 is 0 Å². The zero-order valence-corrected chi connectivity index (χ0v) is 13.4. The van der Waals surface area contributed by atoms with Crippen LogP contribution in [0.1, 0.15) is 10.4 Å². The van der Waals surface area contributed by atoms with Gasteiger partial charge in [0.15, 0.2) is 0 Å². The van der Waals surface area contributed by atoms with Crippen LogP contribution in [0.15, 0.2) is 34.1 Å². The van der Waals surface area contributed by atoms with Gasteiger partial charge in [-0.3, -0.25) is 0 Å². The number of benzene rings is 1. The fraction of sp³-hybridized carbons (Fsp3) is 0.154. The van der Waals surface area contributed by atoms with E-state index < -0.39 is 0 Å². The second-order valence-electron chi connectivity index (χ2n) is 4.11. The largest absolute Gasteiger partial charge is 0.389 e. The molecule has 1 heterocycles. The maximum atomic E-state index is 13.3. The van der Waals surface area contributed by atoms with Crippen molar-refractivity contribution in [3.05, 3.63) is 50.4 Å². The molecular formula is C13H12BrFN2S2. The highest BCUT2D eigenvalue weighted by Gasteiger charge is 2.12. The summed E-state index contributed by atoms with van der Waals surface area (Å²) in [7, 11) is 1.93. The first-order valence-corrected chi connectivity index (χ1v) is 7.59. The van der Waals surface area contributed by atoms with Crippen LogP contribution in [0.4, 0.5) is 10.1 Å². The molecule has 0 radical (unpaired) electrons. The third-order valence-corrected chi connectivity index (χ3v) is 4.55. The van der Waals surface area contributed by atoms with Crippen molar-refractivity contribution in [2.75, 3.05) is 11.9 Å². The molecule has 2 nitrogen and oxygen atoms in total. The summed E-state index contributed by atoms with van der Waals surface area (Å²) in [6, 6.07) is 6.55. The van der Waals surface area contributed by atoms with E-state index in [1.807, 2.05) is 17.3 Å². The number of rotatable bonds is 4. The van der Waals surface area contributed by atoms with Crippen molar-refractivity contribution in [3.63, 3.8) is 0 Å². The van der Waals surface area contributed by atoms with E-state index in [9.17, 15) is 4.39 Å². The van der Waals surface area contributed by atoms with E-state index in [0.29, 0.717) is 5.56 Å². The normalized spacial score (nSPS) is 10.5. The summed E-state index contributed by atoms with van der Waals surface area (Å²) in [6.45, 7) is 0.720. The molecule has 0 amide bonds. The fourth-order valence-corrected chi connectivity index (χ4v) is 3.46. The first kappa shape index (κ1) is 14.4. The van der Waals surface area contributed by atoms with Crippen molar-refractivity contribution in [3.8, 4) is 0 Å². The van der Waals surface area contributed by atoms with Crippen LogP contribution in [-0.4, -0.2) is 12.0 Å². The molecule has 0 spiro atoms. The number of hydrogen-bond donors (Lipinski definition) is 1. The summed E-state index contributed by atoms with van der Waals surface area (Å²) in [5.74, 6) is -0.334. The highest BCUT2D eigenvalue weighted by atomic mass is 79.9. The third-order valence-electron chi connectivity index (χ3n) is 2.65. The number of thiophene rings is 1. The summed E-state index contributed by atoms with van der Waals surface area (Å²) in [6.07, 6.45) is 0. The van der Waals surface area contributed by atoms with Crippen molar-refractivity contribution in [1.29, 1.82) is 0 Å². The van der Waals surface area contributed by atoms with E-state index in [0.717, 1.165) is 16.7 Å². The minimum Gasteiger partial charge on any atom is -0.389 e. The summed E-state index contributed by atoms with van der Waals surface area (Å²) in [5.41, 5.74) is 7.05. The lowest BCUT2D eigenvalue weighted by molar-refractivity contribution is 0.627. The van der Waals surface area contributed by atoms with Gasteiger partial charge in [-0.05, 0) is 40.2 Å². The van der Waals surface area contributed by atoms with Crippen molar-refractivity contribution in [2.45, 2.75) is 6.54 Å². The molecule has 0 aliphatic heterocycles. The van der Waals surface area contributed by atoms with Crippen molar-refractivity contribution < 1.29 is 4.39 Å². The van der Waals surface area contributed by atoms with E-state index in [-0.39, 0.29) is 10.8 Å². The molecule has 6 heteroatoms. The number of nitrogens with two attached hydrogens (primary N) is 1. The Hall–Kier alpha value is -0.980. The fourth-order valence-electron chi connectivity index (χ4n) is 1.79. The third kappa shape index (κ3) is 3.52. The number of anilines is 1. The lowest BCUT2D eigenvalue weighted by atomic mass is 10.1. The molecule has 1 aromatic heterocycles. The van der Waals surface area contributed by atoms with Gasteiger partial charge in [-0.2, -0.15) is 0 Å². The van der Waals surface area contributed by atoms with Crippen LogP contribution < -0.4 is 10.6 Å². The van der Waals surface area contributed by atoms with Gasteiger partial charge in [-0.1, -0.05) is 12.2 Å². The Morgan fingerprint density at radius 1 is 1.47 bits per heavy atom. The van der Waals surface area contributed by atoms with Gasteiger partial charge in [0, 0.05) is 33.0 Å². The summed E-state index contributed by atoms with van der Waals surface area (Å²) < 4.78 is 14.3. The second kappa shape index (κ2) is 5.98. The summed E-state index contributed by atoms with van der Waals surface area (Å²) in [5, 5.41) is 2.03. The predicted molar refractivity (Wildman–Crippen MR) is 86.4 cm³/mol. The number of nitrogens with zero attached hydrogens (tertiary/aromatic N) is 1. The van der Waals surface area contributed by atoms with Gasteiger partial charge < -0.3 is 10.6 Å². The number of hydrogen-bond acceptors (Lipinski definition) is 3. The monoisotopic (exact) mass is 358 g/mol. The van der Waals surface area contributed by atoms with E-state index in [1.165, 1.54) is 17.0 Å². The summed E-state index contributed by atoms with van der Waals surface area (Å²) >= 11 is 10.1. The molecule has 2 N–H and O–H groups in total. The average molecular weight is 359 g/mol. The van der Waals surface area contributed by atoms with E-state index in [1.54, 1.807) is 17.4 Å². The molecule has 0 fully saturated rings. The molecule has 2 rings (SSSR count). The molecular weight excluding hydrogens is 347 g/mol. The van der Waals surface area contributed by atoms with Crippen LogP contribution in [0, 0.1) is 5.82 Å².